The number of hydrogen-bond acceptors (Lipinski definition) is 4. The van der Waals surface area contributed by atoms with E-state index in [0.29, 0.717) is 32.5 Å². The van der Waals surface area contributed by atoms with Gasteiger partial charge in [-0.05, 0) is 40.4 Å². The average Bonchev–Trinajstić information content (AvgIpc) is 2.79. The minimum Gasteiger partial charge on any atom is -0.341 e. The van der Waals surface area contributed by atoms with Gasteiger partial charge in [0.2, 0.25) is 5.91 Å². The van der Waals surface area contributed by atoms with Crippen molar-refractivity contribution in [3.05, 3.63) is 61.3 Å². The number of nitrogens with one attached hydrogen (secondary N) is 1. The first-order valence-electron chi connectivity index (χ1n) is 10.5. The van der Waals surface area contributed by atoms with E-state index in [9.17, 15) is 32.3 Å². The zero-order valence-electron chi connectivity index (χ0n) is 17.8. The van der Waals surface area contributed by atoms with Crippen LogP contribution in [-0.2, 0) is 24.4 Å². The first kappa shape index (κ1) is 24.0. The first-order valence-corrected chi connectivity index (χ1v) is 11.3. The molecule has 2 aromatic rings. The van der Waals surface area contributed by atoms with Gasteiger partial charge in [0, 0.05) is 37.6 Å². The summed E-state index contributed by atoms with van der Waals surface area (Å²) < 4.78 is 39.0. The Morgan fingerprint density at radius 3 is 2.47 bits per heavy atom. The summed E-state index contributed by atoms with van der Waals surface area (Å²) in [4.78, 5) is 52.9. The maximum atomic E-state index is 12.8. The van der Waals surface area contributed by atoms with E-state index >= 15 is 0 Å². The van der Waals surface area contributed by atoms with Crippen molar-refractivity contribution in [2.75, 3.05) is 18.4 Å². The van der Waals surface area contributed by atoms with Crippen LogP contribution in [0.4, 0.5) is 23.7 Å². The number of carbonyl (C=O) groups excluding carboxylic acids is 2. The molecule has 0 saturated carbocycles. The van der Waals surface area contributed by atoms with Crippen LogP contribution in [0.5, 0.6) is 0 Å². The second-order valence-corrected chi connectivity index (χ2v) is 9.08. The molecule has 0 aliphatic carbocycles. The zero-order valence-corrected chi connectivity index (χ0v) is 19.4. The summed E-state index contributed by atoms with van der Waals surface area (Å²) in [5.74, 6) is -0.460. The van der Waals surface area contributed by atoms with Gasteiger partial charge in [-0.3, -0.25) is 18.7 Å². The number of para-hydroxylation sites is 1. The number of fused-ring (bicyclic) bond motifs is 1. The van der Waals surface area contributed by atoms with Crippen LogP contribution < -0.4 is 16.6 Å². The van der Waals surface area contributed by atoms with Gasteiger partial charge in [-0.25, -0.2) is 9.59 Å². The van der Waals surface area contributed by atoms with E-state index in [2.05, 4.69) is 21.2 Å². The number of anilines is 1. The van der Waals surface area contributed by atoms with Crippen LogP contribution in [0, 0.1) is 0 Å². The van der Waals surface area contributed by atoms with Gasteiger partial charge in [0.1, 0.15) is 13.1 Å². The Hall–Kier alpha value is -3.09. The van der Waals surface area contributed by atoms with E-state index in [1.54, 1.807) is 4.90 Å². The summed E-state index contributed by atoms with van der Waals surface area (Å²) in [6, 6.07) is 7.24. The fourth-order valence-corrected chi connectivity index (χ4v) is 4.70. The SMILES string of the molecule is O=C(Cn1cc(Br)c(=O)n(CC(F)(F)F)c1=O)N1CCC(N2Cc3ccccc3NC2=O)CC1. The second-order valence-electron chi connectivity index (χ2n) is 8.22. The lowest BCUT2D eigenvalue weighted by molar-refractivity contribution is -0.142. The summed E-state index contributed by atoms with van der Waals surface area (Å²) >= 11 is 2.87. The van der Waals surface area contributed by atoms with Gasteiger partial charge in [0.25, 0.3) is 5.56 Å². The quantitative estimate of drug-likeness (QED) is 0.640. The van der Waals surface area contributed by atoms with Crippen LogP contribution in [0.25, 0.3) is 0 Å². The molecule has 13 heteroatoms. The molecular weight excluding hydrogens is 523 g/mol. The highest BCUT2D eigenvalue weighted by molar-refractivity contribution is 9.10. The molecule has 0 bridgehead atoms. The van der Waals surface area contributed by atoms with Crippen molar-refractivity contribution in [1.29, 1.82) is 0 Å². The Labute approximate surface area is 199 Å². The molecule has 0 unspecified atom stereocenters. The molecule has 1 aromatic heterocycles. The number of rotatable bonds is 4. The maximum absolute atomic E-state index is 12.8. The molecule has 3 heterocycles. The molecule has 2 aliphatic heterocycles. The van der Waals surface area contributed by atoms with E-state index in [4.69, 9.17) is 0 Å². The van der Waals surface area contributed by atoms with Crippen molar-refractivity contribution in [3.8, 4) is 0 Å². The Morgan fingerprint density at radius 1 is 1.12 bits per heavy atom. The van der Waals surface area contributed by atoms with Gasteiger partial charge in [-0.2, -0.15) is 13.2 Å². The minimum atomic E-state index is -4.77. The molecule has 182 valence electrons. The monoisotopic (exact) mass is 543 g/mol. The number of amides is 3. The number of carbonyl (C=O) groups is 2. The molecule has 0 atom stereocenters. The third-order valence-electron chi connectivity index (χ3n) is 5.96. The first-order chi connectivity index (χ1) is 16.0. The molecule has 2 aliphatic rings. The van der Waals surface area contributed by atoms with Gasteiger partial charge in [0.15, 0.2) is 0 Å². The number of aromatic nitrogens is 2. The van der Waals surface area contributed by atoms with Gasteiger partial charge in [-0.1, -0.05) is 18.2 Å². The van der Waals surface area contributed by atoms with E-state index in [-0.39, 0.29) is 21.1 Å². The van der Waals surface area contributed by atoms with Crippen LogP contribution in [0.3, 0.4) is 0 Å². The summed E-state index contributed by atoms with van der Waals surface area (Å²) in [7, 11) is 0. The van der Waals surface area contributed by atoms with E-state index in [1.807, 2.05) is 24.3 Å². The third kappa shape index (κ3) is 5.03. The fourth-order valence-electron chi connectivity index (χ4n) is 4.24. The summed E-state index contributed by atoms with van der Waals surface area (Å²) in [6.45, 7) is -1.13. The lowest BCUT2D eigenvalue weighted by atomic mass is 10.0. The van der Waals surface area contributed by atoms with Crippen LogP contribution >= 0.6 is 15.9 Å². The summed E-state index contributed by atoms with van der Waals surface area (Å²) in [5.41, 5.74) is -0.551. The maximum Gasteiger partial charge on any atom is 0.406 e. The Morgan fingerprint density at radius 2 is 1.79 bits per heavy atom. The second kappa shape index (κ2) is 9.28. The molecule has 1 N–H and O–H groups in total. The largest absolute Gasteiger partial charge is 0.406 e. The van der Waals surface area contributed by atoms with E-state index < -0.39 is 36.4 Å². The number of piperidine rings is 1. The number of urea groups is 1. The number of alkyl halides is 3. The van der Waals surface area contributed by atoms with Crippen LogP contribution in [-0.4, -0.2) is 56.2 Å². The van der Waals surface area contributed by atoms with Gasteiger partial charge < -0.3 is 15.1 Å². The molecule has 1 saturated heterocycles. The normalized spacial score (nSPS) is 16.9. The van der Waals surface area contributed by atoms with E-state index in [0.717, 1.165) is 22.0 Å². The lowest BCUT2D eigenvalue weighted by Gasteiger charge is -2.40. The molecule has 4 rings (SSSR count). The predicted octanol–water partition coefficient (Wildman–Crippen LogP) is 2.37. The van der Waals surface area contributed by atoms with Crippen LogP contribution in [0.2, 0.25) is 0 Å². The third-order valence-corrected chi connectivity index (χ3v) is 6.50. The van der Waals surface area contributed by atoms with Crippen molar-refractivity contribution in [3.63, 3.8) is 0 Å². The molecule has 1 aromatic carbocycles. The number of halogens is 4. The Bertz CT molecular complexity index is 1230. The minimum absolute atomic E-state index is 0.0520. The van der Waals surface area contributed by atoms with Crippen molar-refractivity contribution in [2.24, 2.45) is 0 Å². The van der Waals surface area contributed by atoms with Crippen molar-refractivity contribution < 1.29 is 22.8 Å². The molecule has 3 amide bonds. The lowest BCUT2D eigenvalue weighted by Crippen LogP contribution is -2.52. The standard InChI is InChI=1S/C21H21BrF3N5O4/c22-15-10-28(20(34)30(18(15)32)12-21(23,24)25)11-17(31)27-7-5-14(6-8-27)29-9-13-3-1-2-4-16(13)26-19(29)33/h1-4,10,14H,5-9,11-12H2,(H,26,33). The molecule has 34 heavy (non-hydrogen) atoms. The number of nitrogens with zero attached hydrogens (tertiary/aromatic N) is 4. The van der Waals surface area contributed by atoms with Gasteiger partial charge in [-0.15, -0.1) is 0 Å². The molecule has 0 radical (unpaired) electrons. The highest BCUT2D eigenvalue weighted by Gasteiger charge is 2.33. The number of benzene rings is 1. The van der Waals surface area contributed by atoms with Crippen LogP contribution in [0.15, 0.2) is 44.5 Å². The molecule has 1 fully saturated rings. The topological polar surface area (TPSA) is 96.7 Å². The smallest absolute Gasteiger partial charge is 0.341 e. The Kier molecular flexibility index (Phi) is 6.56. The van der Waals surface area contributed by atoms with Crippen molar-refractivity contribution in [2.45, 2.75) is 44.7 Å². The summed E-state index contributed by atoms with van der Waals surface area (Å²) in [5, 5.41) is 2.87. The molecule has 9 nitrogen and oxygen atoms in total. The van der Waals surface area contributed by atoms with Crippen molar-refractivity contribution in [1.82, 2.24) is 18.9 Å². The number of hydrogen-bond donors (Lipinski definition) is 1. The Balaban J connectivity index is 1.41. The van der Waals surface area contributed by atoms with Gasteiger partial charge >= 0.3 is 17.9 Å². The number of likely N-dealkylation sites (tertiary alicyclic amines) is 1. The van der Waals surface area contributed by atoms with E-state index in [1.165, 1.54) is 4.90 Å². The molecular formula is C21H21BrF3N5O4. The zero-order chi connectivity index (χ0) is 24.6. The average molecular weight is 544 g/mol. The van der Waals surface area contributed by atoms with Crippen LogP contribution in [0.1, 0.15) is 18.4 Å². The fraction of sp³-hybridized carbons (Fsp3) is 0.429. The summed E-state index contributed by atoms with van der Waals surface area (Å²) in [6.07, 6.45) is -2.70. The van der Waals surface area contributed by atoms with Crippen molar-refractivity contribution >= 4 is 33.6 Å². The van der Waals surface area contributed by atoms with Gasteiger partial charge in [0.05, 0.1) is 4.47 Å². The molecule has 0 spiro atoms. The predicted molar refractivity (Wildman–Crippen MR) is 119 cm³/mol. The highest BCUT2D eigenvalue weighted by atomic mass is 79.9. The highest BCUT2D eigenvalue weighted by Crippen LogP contribution is 2.27.